The zero-order valence-electron chi connectivity index (χ0n) is 13.8. The number of aliphatic imine (C=N–C) groups is 1. The van der Waals surface area contributed by atoms with E-state index in [4.69, 9.17) is 4.74 Å². The van der Waals surface area contributed by atoms with Gasteiger partial charge in [0.2, 0.25) is 5.91 Å². The van der Waals surface area contributed by atoms with Crippen molar-refractivity contribution in [2.75, 3.05) is 33.9 Å². The summed E-state index contributed by atoms with van der Waals surface area (Å²) in [4.78, 5) is 15.8. The molecule has 1 fully saturated rings. The molecule has 0 radical (unpaired) electrons. The van der Waals surface area contributed by atoms with E-state index in [9.17, 15) is 4.79 Å². The minimum atomic E-state index is -0.0558. The second-order valence-electron chi connectivity index (χ2n) is 6.35. The molecule has 122 valence electrons. The Balaban J connectivity index is 2.25. The molecule has 1 aliphatic carbocycles. The highest BCUT2D eigenvalue weighted by Crippen LogP contribution is 2.34. The number of guanidine groups is 1. The van der Waals surface area contributed by atoms with Crippen LogP contribution in [0.5, 0.6) is 0 Å². The van der Waals surface area contributed by atoms with Gasteiger partial charge in [-0.05, 0) is 31.1 Å². The van der Waals surface area contributed by atoms with Crippen molar-refractivity contribution in [3.63, 3.8) is 0 Å². The molecular weight excluding hydrogens is 268 g/mol. The standard InChI is InChI=1S/C15H30N4O2/c1-15(2)7-5-12(6-8-15)19-14(16-3)18-11-13(20)17-9-10-21-4/h12H,5-11H2,1-4H3,(H,17,20)(H2,16,18,19). The molecule has 1 rings (SSSR count). The van der Waals surface area contributed by atoms with Crippen LogP contribution in [-0.4, -0.2) is 51.8 Å². The van der Waals surface area contributed by atoms with Gasteiger partial charge in [0.25, 0.3) is 0 Å². The van der Waals surface area contributed by atoms with E-state index in [0.717, 1.165) is 12.8 Å². The van der Waals surface area contributed by atoms with Gasteiger partial charge < -0.3 is 20.7 Å². The Morgan fingerprint density at radius 3 is 2.52 bits per heavy atom. The molecule has 0 spiro atoms. The first kappa shape index (κ1) is 17.8. The normalized spacial score (nSPS) is 19.1. The number of amides is 1. The zero-order valence-corrected chi connectivity index (χ0v) is 13.8. The Morgan fingerprint density at radius 2 is 1.95 bits per heavy atom. The van der Waals surface area contributed by atoms with Crippen LogP contribution in [0.2, 0.25) is 0 Å². The summed E-state index contributed by atoms with van der Waals surface area (Å²) in [6.07, 6.45) is 4.74. The van der Waals surface area contributed by atoms with Crippen LogP contribution in [0.1, 0.15) is 39.5 Å². The first-order valence-electron chi connectivity index (χ1n) is 7.69. The highest BCUT2D eigenvalue weighted by atomic mass is 16.5. The van der Waals surface area contributed by atoms with Crippen LogP contribution in [0.4, 0.5) is 0 Å². The van der Waals surface area contributed by atoms with E-state index in [-0.39, 0.29) is 12.5 Å². The molecule has 0 unspecified atom stereocenters. The van der Waals surface area contributed by atoms with Crippen molar-refractivity contribution >= 4 is 11.9 Å². The lowest BCUT2D eigenvalue weighted by Gasteiger charge is -2.35. The number of ether oxygens (including phenoxy) is 1. The second-order valence-corrected chi connectivity index (χ2v) is 6.35. The Kier molecular flexibility index (Phi) is 7.50. The molecule has 0 atom stereocenters. The van der Waals surface area contributed by atoms with Crippen LogP contribution in [-0.2, 0) is 9.53 Å². The maximum Gasteiger partial charge on any atom is 0.239 e. The van der Waals surface area contributed by atoms with Crippen LogP contribution >= 0.6 is 0 Å². The summed E-state index contributed by atoms with van der Waals surface area (Å²) >= 11 is 0. The Morgan fingerprint density at radius 1 is 1.29 bits per heavy atom. The van der Waals surface area contributed by atoms with Gasteiger partial charge in [-0.25, -0.2) is 0 Å². The molecule has 1 aliphatic rings. The van der Waals surface area contributed by atoms with E-state index in [1.54, 1.807) is 14.2 Å². The van der Waals surface area contributed by atoms with E-state index in [1.807, 2.05) is 0 Å². The molecule has 0 saturated heterocycles. The number of carbonyl (C=O) groups is 1. The molecule has 3 N–H and O–H groups in total. The molecule has 0 heterocycles. The molecule has 0 aromatic heterocycles. The molecule has 6 nitrogen and oxygen atoms in total. The molecular formula is C15H30N4O2. The van der Waals surface area contributed by atoms with Crippen molar-refractivity contribution in [1.29, 1.82) is 0 Å². The molecule has 21 heavy (non-hydrogen) atoms. The second kappa shape index (κ2) is 8.87. The summed E-state index contributed by atoms with van der Waals surface area (Å²) in [6.45, 7) is 5.92. The molecule has 0 bridgehead atoms. The maximum atomic E-state index is 11.6. The summed E-state index contributed by atoms with van der Waals surface area (Å²) in [7, 11) is 3.34. The highest BCUT2D eigenvalue weighted by Gasteiger charge is 2.27. The van der Waals surface area contributed by atoms with Gasteiger partial charge in [-0.2, -0.15) is 0 Å². The molecule has 0 aromatic rings. The lowest BCUT2D eigenvalue weighted by molar-refractivity contribution is -0.120. The van der Waals surface area contributed by atoms with Crippen LogP contribution in [0.3, 0.4) is 0 Å². The first-order valence-corrected chi connectivity index (χ1v) is 7.69. The smallest absolute Gasteiger partial charge is 0.239 e. The monoisotopic (exact) mass is 298 g/mol. The SMILES string of the molecule is CN=C(NCC(=O)NCCOC)NC1CCC(C)(C)CC1. The van der Waals surface area contributed by atoms with Gasteiger partial charge >= 0.3 is 0 Å². The van der Waals surface area contributed by atoms with Gasteiger partial charge in [0.15, 0.2) is 5.96 Å². The summed E-state index contributed by atoms with van der Waals surface area (Å²) < 4.78 is 4.89. The van der Waals surface area contributed by atoms with Crippen molar-refractivity contribution in [2.24, 2.45) is 10.4 Å². The fourth-order valence-corrected chi connectivity index (χ4v) is 2.45. The third-order valence-corrected chi connectivity index (χ3v) is 3.95. The summed E-state index contributed by atoms with van der Waals surface area (Å²) in [6, 6.07) is 0.445. The highest BCUT2D eigenvalue weighted by molar-refractivity contribution is 5.86. The predicted octanol–water partition coefficient (Wildman–Crippen LogP) is 0.883. The fraction of sp³-hybridized carbons (Fsp3) is 0.867. The molecule has 0 aromatic carbocycles. The van der Waals surface area contributed by atoms with E-state index in [1.165, 1.54) is 12.8 Å². The van der Waals surface area contributed by atoms with Crippen molar-refractivity contribution in [3.05, 3.63) is 0 Å². The molecule has 1 amide bonds. The largest absolute Gasteiger partial charge is 0.383 e. The van der Waals surface area contributed by atoms with Gasteiger partial charge in [-0.3, -0.25) is 9.79 Å². The quantitative estimate of drug-likeness (QED) is 0.387. The van der Waals surface area contributed by atoms with Crippen molar-refractivity contribution in [1.82, 2.24) is 16.0 Å². The van der Waals surface area contributed by atoms with Gasteiger partial charge in [-0.15, -0.1) is 0 Å². The van der Waals surface area contributed by atoms with Crippen LogP contribution < -0.4 is 16.0 Å². The van der Waals surface area contributed by atoms with E-state index >= 15 is 0 Å². The van der Waals surface area contributed by atoms with Crippen molar-refractivity contribution < 1.29 is 9.53 Å². The van der Waals surface area contributed by atoms with Gasteiger partial charge in [-0.1, -0.05) is 13.8 Å². The van der Waals surface area contributed by atoms with Gasteiger partial charge in [0.05, 0.1) is 13.2 Å². The van der Waals surface area contributed by atoms with Crippen LogP contribution in [0.25, 0.3) is 0 Å². The zero-order chi connectivity index (χ0) is 15.7. The summed E-state index contributed by atoms with van der Waals surface area (Å²) in [5, 5.41) is 9.22. The van der Waals surface area contributed by atoms with Crippen molar-refractivity contribution in [2.45, 2.75) is 45.6 Å². The van der Waals surface area contributed by atoms with E-state index < -0.39 is 0 Å². The lowest BCUT2D eigenvalue weighted by Crippen LogP contribution is -2.48. The number of nitrogens with zero attached hydrogens (tertiary/aromatic N) is 1. The summed E-state index contributed by atoms with van der Waals surface area (Å²) in [5.74, 6) is 0.640. The molecule has 1 saturated carbocycles. The number of hydrogen-bond donors (Lipinski definition) is 3. The lowest BCUT2D eigenvalue weighted by atomic mass is 9.75. The number of nitrogens with one attached hydrogen (secondary N) is 3. The van der Waals surface area contributed by atoms with Crippen LogP contribution in [0.15, 0.2) is 4.99 Å². The third kappa shape index (κ3) is 7.32. The van der Waals surface area contributed by atoms with Crippen molar-refractivity contribution in [3.8, 4) is 0 Å². The summed E-state index contributed by atoms with van der Waals surface area (Å²) in [5.41, 5.74) is 0.455. The van der Waals surface area contributed by atoms with Gasteiger partial charge in [0, 0.05) is 26.7 Å². The number of carbonyl (C=O) groups excluding carboxylic acids is 1. The topological polar surface area (TPSA) is 74.8 Å². The number of rotatable bonds is 6. The van der Waals surface area contributed by atoms with E-state index in [0.29, 0.717) is 30.6 Å². The minimum absolute atomic E-state index is 0.0558. The Hall–Kier alpha value is -1.30. The average molecular weight is 298 g/mol. The number of methoxy groups -OCH3 is 1. The predicted molar refractivity (Wildman–Crippen MR) is 85.4 cm³/mol. The minimum Gasteiger partial charge on any atom is -0.383 e. The Bertz CT molecular complexity index is 346. The maximum absolute atomic E-state index is 11.6. The molecule has 6 heteroatoms. The van der Waals surface area contributed by atoms with E-state index in [2.05, 4.69) is 34.8 Å². The third-order valence-electron chi connectivity index (χ3n) is 3.95. The first-order chi connectivity index (χ1) is 9.96. The average Bonchev–Trinajstić information content (AvgIpc) is 2.45. The molecule has 0 aliphatic heterocycles. The Labute approximate surface area is 128 Å². The van der Waals surface area contributed by atoms with Gasteiger partial charge in [0.1, 0.15) is 0 Å². The van der Waals surface area contributed by atoms with Crippen LogP contribution in [0, 0.1) is 5.41 Å². The fourth-order valence-electron chi connectivity index (χ4n) is 2.45. The number of hydrogen-bond acceptors (Lipinski definition) is 3.